The van der Waals surface area contributed by atoms with Gasteiger partial charge < -0.3 is 14.6 Å². The number of carbonyl (C=O) groups is 1. The molecule has 0 bridgehead atoms. The first-order valence-corrected chi connectivity index (χ1v) is 9.24. The predicted octanol–water partition coefficient (Wildman–Crippen LogP) is 4.19. The summed E-state index contributed by atoms with van der Waals surface area (Å²) in [6.45, 7) is 1.62. The largest absolute Gasteiger partial charge is 0.503 e. The lowest BCUT2D eigenvalue weighted by Gasteiger charge is -2.09. The van der Waals surface area contributed by atoms with Crippen LogP contribution in [0, 0.1) is 22.9 Å². The van der Waals surface area contributed by atoms with Crippen molar-refractivity contribution in [3.8, 4) is 28.0 Å². The Morgan fingerprint density at radius 3 is 2.60 bits per heavy atom. The summed E-state index contributed by atoms with van der Waals surface area (Å²) in [6.07, 6.45) is 0.957. The number of ketones is 1. The van der Waals surface area contributed by atoms with Gasteiger partial charge in [0.2, 0.25) is 16.8 Å². The summed E-state index contributed by atoms with van der Waals surface area (Å²) in [5.41, 5.74) is -0.770. The topological polar surface area (TPSA) is 132 Å². The molecule has 0 amide bonds. The second kappa shape index (κ2) is 7.12. The Morgan fingerprint density at radius 2 is 2.00 bits per heavy atom. The van der Waals surface area contributed by atoms with Crippen LogP contribution in [0.25, 0.3) is 16.4 Å². The molecule has 0 unspecified atom stereocenters. The molecular formula is C19H12FN3O6S. The van der Waals surface area contributed by atoms with E-state index in [0.29, 0.717) is 17.1 Å². The van der Waals surface area contributed by atoms with Crippen molar-refractivity contribution in [2.45, 2.75) is 6.92 Å². The Bertz CT molecular complexity index is 1310. The summed E-state index contributed by atoms with van der Waals surface area (Å²) in [5, 5.41) is 31.7. The van der Waals surface area contributed by atoms with Gasteiger partial charge in [-0.2, -0.15) is 0 Å². The zero-order valence-electron chi connectivity index (χ0n) is 15.2. The summed E-state index contributed by atoms with van der Waals surface area (Å²) in [7, 11) is 0. The van der Waals surface area contributed by atoms with Crippen molar-refractivity contribution < 1.29 is 28.7 Å². The molecule has 11 heteroatoms. The molecule has 0 spiro atoms. The molecule has 0 saturated heterocycles. The van der Waals surface area contributed by atoms with Gasteiger partial charge >= 0.3 is 5.00 Å². The maximum absolute atomic E-state index is 14.7. The lowest BCUT2D eigenvalue weighted by molar-refractivity contribution is -0.380. The molecule has 0 atom stereocenters. The summed E-state index contributed by atoms with van der Waals surface area (Å²) in [6, 6.07) is 8.32. The van der Waals surface area contributed by atoms with Crippen LogP contribution in [-0.4, -0.2) is 30.5 Å². The van der Waals surface area contributed by atoms with Crippen LogP contribution in [0.1, 0.15) is 21.9 Å². The van der Waals surface area contributed by atoms with Gasteiger partial charge in [0.15, 0.2) is 11.5 Å². The number of halogens is 1. The highest BCUT2D eigenvalue weighted by Gasteiger charge is 2.33. The molecule has 4 aromatic rings. The number of benzene rings is 1. The van der Waals surface area contributed by atoms with Gasteiger partial charge in [-0.3, -0.25) is 19.5 Å². The molecule has 0 aliphatic heterocycles. The van der Waals surface area contributed by atoms with Crippen molar-refractivity contribution in [2.24, 2.45) is 0 Å². The van der Waals surface area contributed by atoms with Gasteiger partial charge in [-0.25, -0.2) is 9.37 Å². The molecule has 30 heavy (non-hydrogen) atoms. The van der Waals surface area contributed by atoms with E-state index in [4.69, 9.17) is 4.42 Å². The number of nitrogens with zero attached hydrogens (tertiary/aromatic N) is 3. The Hall–Kier alpha value is -3.99. The third-order valence-electron chi connectivity index (χ3n) is 4.29. The number of thiazole rings is 1. The third kappa shape index (κ3) is 3.01. The lowest BCUT2D eigenvalue weighted by atomic mass is 10.0. The summed E-state index contributed by atoms with van der Waals surface area (Å²) >= 11 is 0.581. The van der Waals surface area contributed by atoms with E-state index in [9.17, 15) is 29.5 Å². The van der Waals surface area contributed by atoms with E-state index in [0.717, 1.165) is 16.8 Å². The number of aryl methyl sites for hydroxylation is 1. The van der Waals surface area contributed by atoms with Crippen LogP contribution in [-0.2, 0) is 0 Å². The molecule has 0 radical (unpaired) electrons. The second-order valence-corrected chi connectivity index (χ2v) is 7.18. The average Bonchev–Trinajstić information content (AvgIpc) is 3.41. The van der Waals surface area contributed by atoms with Crippen LogP contribution in [0.15, 0.2) is 47.0 Å². The van der Waals surface area contributed by atoms with Gasteiger partial charge in [0.25, 0.3) is 0 Å². The monoisotopic (exact) mass is 429 g/mol. The Labute approximate surface area is 171 Å². The predicted molar refractivity (Wildman–Crippen MR) is 104 cm³/mol. The van der Waals surface area contributed by atoms with E-state index < -0.39 is 33.7 Å². The lowest BCUT2D eigenvalue weighted by Crippen LogP contribution is -2.05. The maximum atomic E-state index is 14.7. The highest BCUT2D eigenvalue weighted by Crippen LogP contribution is 2.45. The molecule has 1 aromatic carbocycles. The minimum atomic E-state index is -0.829. The zero-order valence-corrected chi connectivity index (χ0v) is 16.0. The molecule has 0 aliphatic carbocycles. The van der Waals surface area contributed by atoms with Crippen molar-refractivity contribution in [2.75, 3.05) is 0 Å². The normalized spacial score (nSPS) is 11.0. The molecule has 4 rings (SSSR count). The van der Waals surface area contributed by atoms with Crippen LogP contribution in [0.3, 0.4) is 0 Å². The number of aromatic nitrogens is 2. The maximum Gasteiger partial charge on any atom is 0.345 e. The van der Waals surface area contributed by atoms with E-state index in [1.807, 2.05) is 0 Å². The molecule has 152 valence electrons. The van der Waals surface area contributed by atoms with Gasteiger partial charge in [0.1, 0.15) is 17.8 Å². The Kier molecular flexibility index (Phi) is 4.59. The standard InChI is InChI=1S/C19H12FN3O6S/c1-9-6-7-12(29-9)16(24)14-15(10-4-2-3-5-11(10)20)22(18(26)17(14)25)19-21-8-13(30-19)23(27)28/h2-8,25-26H,1H3. The van der Waals surface area contributed by atoms with E-state index in [2.05, 4.69) is 4.98 Å². The molecule has 0 aliphatic rings. The van der Waals surface area contributed by atoms with Crippen LogP contribution in [0.2, 0.25) is 0 Å². The summed E-state index contributed by atoms with van der Waals surface area (Å²) in [5.74, 6) is -2.90. The summed E-state index contributed by atoms with van der Waals surface area (Å²) < 4.78 is 20.9. The first kappa shape index (κ1) is 19.3. The number of hydrogen-bond donors (Lipinski definition) is 2. The fourth-order valence-electron chi connectivity index (χ4n) is 2.98. The Balaban J connectivity index is 2.04. The highest BCUT2D eigenvalue weighted by molar-refractivity contribution is 7.17. The third-order valence-corrected chi connectivity index (χ3v) is 5.23. The van der Waals surface area contributed by atoms with Crippen LogP contribution in [0.5, 0.6) is 11.6 Å². The number of rotatable bonds is 5. The van der Waals surface area contributed by atoms with Crippen molar-refractivity contribution in [3.05, 3.63) is 75.6 Å². The number of nitro groups is 1. The van der Waals surface area contributed by atoms with Crippen LogP contribution < -0.4 is 0 Å². The number of hydrogen-bond acceptors (Lipinski definition) is 8. The van der Waals surface area contributed by atoms with Gasteiger partial charge in [0, 0.05) is 5.56 Å². The minimum absolute atomic E-state index is 0.127. The molecule has 3 heterocycles. The Morgan fingerprint density at radius 1 is 1.27 bits per heavy atom. The van der Waals surface area contributed by atoms with E-state index in [1.165, 1.54) is 30.3 Å². The van der Waals surface area contributed by atoms with E-state index >= 15 is 0 Å². The quantitative estimate of drug-likeness (QED) is 0.276. The van der Waals surface area contributed by atoms with Crippen LogP contribution in [0.4, 0.5) is 9.39 Å². The smallest absolute Gasteiger partial charge is 0.345 e. The molecule has 0 fully saturated rings. The highest BCUT2D eigenvalue weighted by atomic mass is 32.1. The van der Waals surface area contributed by atoms with Crippen molar-refractivity contribution in [3.63, 3.8) is 0 Å². The number of carbonyl (C=O) groups excluding carboxylic acids is 1. The fourth-order valence-corrected chi connectivity index (χ4v) is 3.72. The average molecular weight is 429 g/mol. The molecule has 9 nitrogen and oxygen atoms in total. The first-order chi connectivity index (χ1) is 14.3. The van der Waals surface area contributed by atoms with Gasteiger partial charge in [0.05, 0.1) is 16.2 Å². The first-order valence-electron chi connectivity index (χ1n) is 8.42. The molecular weight excluding hydrogens is 417 g/mol. The SMILES string of the molecule is Cc1ccc(C(=O)c2c(O)c(O)n(-c3ncc([N+](=O)[O-])s3)c2-c2ccccc2F)o1. The number of furan rings is 1. The summed E-state index contributed by atoms with van der Waals surface area (Å²) in [4.78, 5) is 27.3. The van der Waals surface area contributed by atoms with Crippen molar-refractivity contribution in [1.29, 1.82) is 0 Å². The van der Waals surface area contributed by atoms with Gasteiger partial charge in [-0.15, -0.1) is 0 Å². The fraction of sp³-hybridized carbons (Fsp3) is 0.0526. The van der Waals surface area contributed by atoms with Crippen molar-refractivity contribution >= 4 is 22.1 Å². The van der Waals surface area contributed by atoms with Crippen LogP contribution >= 0.6 is 11.3 Å². The van der Waals surface area contributed by atoms with Gasteiger partial charge in [-0.1, -0.05) is 12.1 Å². The molecule has 0 saturated carbocycles. The number of aromatic hydroxyl groups is 2. The minimum Gasteiger partial charge on any atom is -0.503 e. The molecule has 3 aromatic heterocycles. The molecule has 2 N–H and O–H groups in total. The van der Waals surface area contributed by atoms with E-state index in [1.54, 1.807) is 6.92 Å². The second-order valence-electron chi connectivity index (χ2n) is 6.19. The van der Waals surface area contributed by atoms with E-state index in [-0.39, 0.29) is 27.2 Å². The van der Waals surface area contributed by atoms with Gasteiger partial charge in [-0.05, 0) is 42.5 Å². The zero-order chi connectivity index (χ0) is 21.6. The van der Waals surface area contributed by atoms with Crippen molar-refractivity contribution in [1.82, 2.24) is 9.55 Å².